The minimum Gasteiger partial charge on any atom is -0.467 e. The molecule has 3 aromatic carbocycles. The summed E-state index contributed by atoms with van der Waals surface area (Å²) in [5.74, 6) is -0.969. The molecule has 3 aromatic rings. The second kappa shape index (κ2) is 15.4. The monoisotopic (exact) mass is 645 g/mol. The van der Waals surface area contributed by atoms with Crippen molar-refractivity contribution in [2.24, 2.45) is 0 Å². The Morgan fingerprint density at radius 2 is 1.68 bits per heavy atom. The number of aliphatic hydroxyl groups excluding tert-OH is 1. The molecular weight excluding hydrogens is 602 g/mol. The van der Waals surface area contributed by atoms with Gasteiger partial charge in [-0.1, -0.05) is 66.7 Å². The molecular formula is C36H43N3O8. The van der Waals surface area contributed by atoms with Gasteiger partial charge in [0.2, 0.25) is 0 Å². The number of nitrogens with zero attached hydrogens (tertiary/aromatic N) is 1. The van der Waals surface area contributed by atoms with Crippen molar-refractivity contribution in [2.45, 2.75) is 62.6 Å². The number of hydrogen-bond donors (Lipinski definition) is 3. The third-order valence-electron chi connectivity index (χ3n) is 9.00. The lowest BCUT2D eigenvalue weighted by Crippen LogP contribution is -2.48. The Morgan fingerprint density at radius 1 is 0.936 bits per heavy atom. The molecule has 0 bridgehead atoms. The van der Waals surface area contributed by atoms with Crippen LogP contribution in [0.2, 0.25) is 0 Å². The number of esters is 1. The summed E-state index contributed by atoms with van der Waals surface area (Å²) in [6.45, 7) is 3.72. The van der Waals surface area contributed by atoms with Gasteiger partial charge in [0.25, 0.3) is 0 Å². The zero-order valence-corrected chi connectivity index (χ0v) is 26.6. The van der Waals surface area contributed by atoms with E-state index in [0.717, 1.165) is 54.7 Å². The van der Waals surface area contributed by atoms with E-state index in [4.69, 9.17) is 23.7 Å². The fraction of sp³-hybridized carbons (Fsp3) is 0.444. The topological polar surface area (TPSA) is 128 Å². The predicted molar refractivity (Wildman–Crippen MR) is 173 cm³/mol. The highest BCUT2D eigenvalue weighted by Crippen LogP contribution is 2.39. The molecule has 0 saturated carbocycles. The molecule has 0 unspecified atom stereocenters. The third kappa shape index (κ3) is 8.55. The van der Waals surface area contributed by atoms with Crippen molar-refractivity contribution < 1.29 is 38.4 Å². The highest BCUT2D eigenvalue weighted by atomic mass is 16.7. The van der Waals surface area contributed by atoms with Gasteiger partial charge < -0.3 is 44.3 Å². The Kier molecular flexibility index (Phi) is 10.8. The molecule has 0 radical (unpaired) electrons. The van der Waals surface area contributed by atoms with Crippen molar-refractivity contribution in [3.8, 4) is 0 Å². The van der Waals surface area contributed by atoms with E-state index in [1.807, 2.05) is 72.8 Å². The summed E-state index contributed by atoms with van der Waals surface area (Å²) in [5.41, 5.74) is 4.02. The highest BCUT2D eigenvalue weighted by molar-refractivity contribution is 5.92. The van der Waals surface area contributed by atoms with E-state index in [2.05, 4.69) is 15.5 Å². The molecule has 3 aliphatic heterocycles. The third-order valence-corrected chi connectivity index (χ3v) is 9.00. The summed E-state index contributed by atoms with van der Waals surface area (Å²) in [6.07, 6.45) is 1.58. The number of methoxy groups -OCH3 is 1. The van der Waals surface area contributed by atoms with E-state index in [1.165, 1.54) is 7.11 Å². The van der Waals surface area contributed by atoms with Crippen LogP contribution in [0.25, 0.3) is 0 Å². The van der Waals surface area contributed by atoms with Gasteiger partial charge in [0.05, 0.1) is 39.1 Å². The number of ether oxygens (including phenoxy) is 5. The lowest BCUT2D eigenvalue weighted by Gasteiger charge is -2.41. The van der Waals surface area contributed by atoms with E-state index in [9.17, 15) is 14.7 Å². The summed E-state index contributed by atoms with van der Waals surface area (Å²) in [4.78, 5) is 27.9. The fourth-order valence-electron chi connectivity index (χ4n) is 6.46. The molecule has 1 spiro atoms. The van der Waals surface area contributed by atoms with Crippen LogP contribution in [-0.4, -0.2) is 79.9 Å². The number of urea groups is 1. The van der Waals surface area contributed by atoms with Crippen LogP contribution in [0.4, 0.5) is 10.5 Å². The van der Waals surface area contributed by atoms with Crippen molar-refractivity contribution in [3.05, 3.63) is 101 Å². The van der Waals surface area contributed by atoms with E-state index < -0.39 is 30.1 Å². The lowest BCUT2D eigenvalue weighted by atomic mass is 9.98. The molecule has 3 fully saturated rings. The molecule has 3 N–H and O–H groups in total. The molecule has 250 valence electrons. The highest BCUT2D eigenvalue weighted by Gasteiger charge is 2.41. The second-order valence-electron chi connectivity index (χ2n) is 12.2. The van der Waals surface area contributed by atoms with E-state index in [-0.39, 0.29) is 18.8 Å². The number of carbonyl (C=O) groups excluding carboxylic acids is 2. The number of nitrogens with one attached hydrogen (secondary N) is 2. The van der Waals surface area contributed by atoms with Crippen LogP contribution in [0.1, 0.15) is 53.9 Å². The van der Waals surface area contributed by atoms with Gasteiger partial charge in [-0.3, -0.25) is 0 Å². The summed E-state index contributed by atoms with van der Waals surface area (Å²) in [5, 5.41) is 15.1. The Morgan fingerprint density at radius 3 is 2.38 bits per heavy atom. The van der Waals surface area contributed by atoms with Crippen LogP contribution in [0.5, 0.6) is 0 Å². The molecule has 0 aromatic heterocycles. The first-order valence-corrected chi connectivity index (χ1v) is 16.2. The number of piperidine rings is 1. The Labute approximate surface area is 275 Å². The Bertz CT molecular complexity index is 1470. The smallest absolute Gasteiger partial charge is 0.328 e. The number of likely N-dealkylation sites (tertiary alicyclic amines) is 1. The first-order valence-electron chi connectivity index (χ1n) is 16.2. The van der Waals surface area contributed by atoms with Gasteiger partial charge >= 0.3 is 12.0 Å². The minimum absolute atomic E-state index is 0.0238. The van der Waals surface area contributed by atoms with Gasteiger partial charge in [-0.05, 0) is 28.8 Å². The average Bonchev–Trinajstić information content (AvgIpc) is 3.57. The minimum atomic E-state index is -0.856. The van der Waals surface area contributed by atoms with Crippen LogP contribution >= 0.6 is 0 Å². The van der Waals surface area contributed by atoms with Crippen LogP contribution in [0, 0.1) is 0 Å². The number of amides is 2. The summed E-state index contributed by atoms with van der Waals surface area (Å²) < 4.78 is 29.9. The maximum atomic E-state index is 13.0. The number of anilines is 1. The Balaban J connectivity index is 1.14. The van der Waals surface area contributed by atoms with Gasteiger partial charge in [-0.25, -0.2) is 9.59 Å². The molecule has 3 heterocycles. The SMILES string of the molecule is COC(=O)[C@H](Cc1ccccc1)NC(=O)Nc1cccc([C@@H]2O[C@H](CN3CCC4(CC3)OCCO4)C[C@H](c3ccc(CO)cc3)O2)c1. The standard InChI is InChI=1S/C36H43N3O8/c1-43-33(41)31(20-25-6-3-2-4-7-25)38-35(42)37-29-9-5-8-28(21-29)34-46-30(22-32(47-34)27-12-10-26(24-40)11-13-27)23-39-16-14-36(15-17-39)44-18-19-45-36/h2-13,21,30-32,34,40H,14-20,22-24H2,1H3,(H2,37,38,42)/t30-,31-,32+,34+/m0/s1. The van der Waals surface area contributed by atoms with E-state index >= 15 is 0 Å². The maximum Gasteiger partial charge on any atom is 0.328 e. The van der Waals surface area contributed by atoms with Crippen LogP contribution in [-0.2, 0) is 41.5 Å². The van der Waals surface area contributed by atoms with Gasteiger partial charge in [0.15, 0.2) is 12.1 Å². The number of hydrogen-bond acceptors (Lipinski definition) is 9. The molecule has 11 nitrogen and oxygen atoms in total. The molecule has 11 heteroatoms. The van der Waals surface area contributed by atoms with Gasteiger partial charge in [-0.2, -0.15) is 0 Å². The van der Waals surface area contributed by atoms with Gasteiger partial charge in [0, 0.05) is 56.6 Å². The molecule has 2 amide bonds. The summed E-state index contributed by atoms with van der Waals surface area (Å²) in [7, 11) is 1.30. The second-order valence-corrected chi connectivity index (χ2v) is 12.2. The van der Waals surface area contributed by atoms with Crippen molar-refractivity contribution in [1.29, 1.82) is 0 Å². The quantitative estimate of drug-likeness (QED) is 0.274. The van der Waals surface area contributed by atoms with E-state index in [1.54, 1.807) is 6.07 Å². The molecule has 6 rings (SSSR count). The largest absolute Gasteiger partial charge is 0.467 e. The van der Waals surface area contributed by atoms with Crippen molar-refractivity contribution in [2.75, 3.05) is 45.3 Å². The summed E-state index contributed by atoms with van der Waals surface area (Å²) >= 11 is 0. The number of carbonyl (C=O) groups is 2. The van der Waals surface area contributed by atoms with Crippen molar-refractivity contribution >= 4 is 17.7 Å². The van der Waals surface area contributed by atoms with Gasteiger partial charge in [-0.15, -0.1) is 0 Å². The lowest BCUT2D eigenvalue weighted by molar-refractivity contribution is -0.255. The van der Waals surface area contributed by atoms with Crippen LogP contribution in [0.3, 0.4) is 0 Å². The molecule has 3 aliphatic rings. The normalized spacial score (nSPS) is 23.2. The van der Waals surface area contributed by atoms with Gasteiger partial charge in [0.1, 0.15) is 6.04 Å². The fourth-order valence-corrected chi connectivity index (χ4v) is 6.46. The van der Waals surface area contributed by atoms with Crippen molar-refractivity contribution in [1.82, 2.24) is 10.2 Å². The predicted octanol–water partition coefficient (Wildman–Crippen LogP) is 4.47. The first-order chi connectivity index (χ1) is 22.9. The zero-order valence-electron chi connectivity index (χ0n) is 26.6. The number of aliphatic hydroxyl groups is 1. The Hall–Kier alpha value is -3.84. The maximum absolute atomic E-state index is 13.0. The molecule has 4 atom stereocenters. The number of benzene rings is 3. The van der Waals surface area contributed by atoms with Crippen LogP contribution in [0.15, 0.2) is 78.9 Å². The average molecular weight is 646 g/mol. The molecule has 0 aliphatic carbocycles. The zero-order chi connectivity index (χ0) is 32.6. The summed E-state index contributed by atoms with van der Waals surface area (Å²) in [6, 6.07) is 23.2. The van der Waals surface area contributed by atoms with Crippen molar-refractivity contribution in [3.63, 3.8) is 0 Å². The first kappa shape index (κ1) is 33.1. The molecule has 47 heavy (non-hydrogen) atoms. The molecule has 3 saturated heterocycles. The van der Waals surface area contributed by atoms with E-state index in [0.29, 0.717) is 31.7 Å². The number of rotatable bonds is 10. The van der Waals surface area contributed by atoms with Crippen LogP contribution < -0.4 is 10.6 Å².